The highest BCUT2D eigenvalue weighted by molar-refractivity contribution is 8.00. The van der Waals surface area contributed by atoms with Crippen LogP contribution in [0.4, 0.5) is 5.13 Å². The standard InChI is InChI=1S/C51H40ClN5O5S2/c52-31-34-32-63-47-43(46(59)57(47)44(34)48(60)61)54-45(58)42(56-62-51(38-25-13-4-14-26-38,39-27-15-5-16-28-39)40-29-17-6-18-30-40)41-33-64-49(53-41)55-50(35-19-7-1-8-20-35,36-21-9-2-10-22-36)37-23-11-3-12-24-37/h1-30,33,43,47H,31-32H2,(H,53,55)(H,54,58)(H,60,61)/b56-42-/t43-,47-/m1/s1. The van der Waals surface area contributed by atoms with Crippen LogP contribution in [0.2, 0.25) is 0 Å². The fraction of sp³-hybridized carbons (Fsp3) is 0.118. The molecule has 1 aromatic heterocycles. The average Bonchev–Trinajstić information content (AvgIpc) is 3.82. The van der Waals surface area contributed by atoms with Gasteiger partial charge in [-0.25, -0.2) is 9.78 Å². The first-order valence-electron chi connectivity index (χ1n) is 20.5. The van der Waals surface area contributed by atoms with Crippen LogP contribution in [0.5, 0.6) is 0 Å². The van der Waals surface area contributed by atoms with Gasteiger partial charge in [-0.15, -0.1) is 34.7 Å². The summed E-state index contributed by atoms with van der Waals surface area (Å²) in [6.07, 6.45) is 0. The van der Waals surface area contributed by atoms with Gasteiger partial charge in [-0.3, -0.25) is 14.5 Å². The number of anilines is 1. The lowest BCUT2D eigenvalue weighted by molar-refractivity contribution is -0.150. The van der Waals surface area contributed by atoms with E-state index in [4.69, 9.17) is 26.6 Å². The molecule has 7 aromatic rings. The van der Waals surface area contributed by atoms with Crippen molar-refractivity contribution >= 4 is 63.3 Å². The number of carbonyl (C=O) groups excluding carboxylic acids is 2. The molecule has 9 rings (SSSR count). The lowest BCUT2D eigenvalue weighted by Crippen LogP contribution is -2.71. The number of fused-ring (bicyclic) bond motifs is 1. The summed E-state index contributed by atoms with van der Waals surface area (Å²) in [7, 11) is 0. The number of carbonyl (C=O) groups is 3. The molecule has 318 valence electrons. The second kappa shape index (κ2) is 18.4. The van der Waals surface area contributed by atoms with Crippen molar-refractivity contribution in [2.75, 3.05) is 16.9 Å². The largest absolute Gasteiger partial charge is 0.477 e. The zero-order chi connectivity index (χ0) is 44.1. The first-order chi connectivity index (χ1) is 31.3. The van der Waals surface area contributed by atoms with E-state index in [-0.39, 0.29) is 28.7 Å². The van der Waals surface area contributed by atoms with Crippen LogP contribution >= 0.6 is 34.7 Å². The van der Waals surface area contributed by atoms with Crippen molar-refractivity contribution in [1.29, 1.82) is 0 Å². The number of halogens is 1. The quantitative estimate of drug-likeness (QED) is 0.0305. The molecule has 64 heavy (non-hydrogen) atoms. The fourth-order valence-electron chi connectivity index (χ4n) is 8.37. The molecule has 2 aliphatic heterocycles. The Hall–Kier alpha value is -6.99. The zero-order valence-corrected chi connectivity index (χ0v) is 36.5. The molecule has 0 saturated carbocycles. The van der Waals surface area contributed by atoms with Gasteiger partial charge in [-0.1, -0.05) is 187 Å². The number of rotatable bonds is 15. The number of thiazole rings is 1. The number of carboxylic acids is 1. The molecule has 13 heteroatoms. The van der Waals surface area contributed by atoms with Crippen molar-refractivity contribution in [2.45, 2.75) is 22.6 Å². The molecule has 0 spiro atoms. The van der Waals surface area contributed by atoms with Crippen LogP contribution in [0.15, 0.2) is 204 Å². The summed E-state index contributed by atoms with van der Waals surface area (Å²) in [5, 5.41) is 23.0. The Labute approximate surface area is 383 Å². The predicted molar refractivity (Wildman–Crippen MR) is 252 cm³/mol. The fourth-order valence-corrected chi connectivity index (χ4v) is 10.8. The Morgan fingerprint density at radius 1 is 0.719 bits per heavy atom. The van der Waals surface area contributed by atoms with Gasteiger partial charge in [0.2, 0.25) is 5.60 Å². The minimum Gasteiger partial charge on any atom is -0.477 e. The molecule has 0 aliphatic carbocycles. The Balaban J connectivity index is 1.17. The van der Waals surface area contributed by atoms with Gasteiger partial charge in [0.1, 0.15) is 28.3 Å². The number of aliphatic carboxylic acids is 1. The van der Waals surface area contributed by atoms with Crippen molar-refractivity contribution < 1.29 is 24.3 Å². The summed E-state index contributed by atoms with van der Waals surface area (Å²) in [5.41, 5.74) is 3.14. The van der Waals surface area contributed by atoms with Crippen LogP contribution in [-0.4, -0.2) is 61.5 Å². The topological polar surface area (TPSA) is 133 Å². The van der Waals surface area contributed by atoms with E-state index < -0.39 is 40.3 Å². The minimum absolute atomic E-state index is 0.0391. The summed E-state index contributed by atoms with van der Waals surface area (Å²) in [4.78, 5) is 54.1. The van der Waals surface area contributed by atoms with Crippen molar-refractivity contribution in [3.63, 3.8) is 0 Å². The van der Waals surface area contributed by atoms with Crippen LogP contribution in [-0.2, 0) is 30.4 Å². The number of thioether (sulfide) groups is 1. The second-order valence-corrected chi connectivity index (χ2v) is 17.3. The van der Waals surface area contributed by atoms with E-state index in [0.717, 1.165) is 33.4 Å². The van der Waals surface area contributed by atoms with E-state index in [2.05, 4.69) is 47.0 Å². The molecule has 2 aliphatic rings. The van der Waals surface area contributed by atoms with Gasteiger partial charge in [-0.2, -0.15) is 0 Å². The van der Waals surface area contributed by atoms with Gasteiger partial charge in [-0.05, 0) is 22.3 Å². The number of carboxylic acid groups (broad SMARTS) is 1. The summed E-state index contributed by atoms with van der Waals surface area (Å²) < 4.78 is 0. The lowest BCUT2D eigenvalue weighted by Gasteiger charge is -2.49. The molecule has 0 radical (unpaired) electrons. The number of nitrogens with one attached hydrogen (secondary N) is 2. The van der Waals surface area contributed by atoms with Gasteiger partial charge in [0.05, 0.1) is 0 Å². The van der Waals surface area contributed by atoms with Crippen molar-refractivity contribution in [1.82, 2.24) is 15.2 Å². The van der Waals surface area contributed by atoms with Crippen molar-refractivity contribution in [3.8, 4) is 0 Å². The van der Waals surface area contributed by atoms with Crippen LogP contribution in [0, 0.1) is 0 Å². The number of alkyl halides is 1. The van der Waals surface area contributed by atoms with E-state index in [9.17, 15) is 19.5 Å². The Bertz CT molecular complexity index is 2640. The predicted octanol–water partition coefficient (Wildman–Crippen LogP) is 9.24. The number of aromatic nitrogens is 1. The van der Waals surface area contributed by atoms with E-state index >= 15 is 0 Å². The second-order valence-electron chi connectivity index (χ2n) is 15.1. The summed E-state index contributed by atoms with van der Waals surface area (Å²) in [5.74, 6) is -2.31. The van der Waals surface area contributed by atoms with E-state index in [1.807, 2.05) is 146 Å². The monoisotopic (exact) mass is 901 g/mol. The smallest absolute Gasteiger partial charge is 0.352 e. The Kier molecular flexibility index (Phi) is 12.2. The molecule has 6 aromatic carbocycles. The third-order valence-corrected chi connectivity index (χ3v) is 13.8. The molecule has 1 fully saturated rings. The number of hydrogen-bond acceptors (Lipinski definition) is 9. The number of hydrogen-bond donors (Lipinski definition) is 3. The molecule has 2 amide bonds. The molecule has 10 nitrogen and oxygen atoms in total. The number of β-lactam (4-membered cyclic amide) rings is 1. The van der Waals surface area contributed by atoms with Crippen LogP contribution < -0.4 is 10.6 Å². The van der Waals surface area contributed by atoms with E-state index in [1.165, 1.54) is 28.0 Å². The molecule has 3 heterocycles. The summed E-state index contributed by atoms with van der Waals surface area (Å²) >= 11 is 8.72. The maximum absolute atomic E-state index is 14.9. The van der Waals surface area contributed by atoms with E-state index in [0.29, 0.717) is 10.7 Å². The van der Waals surface area contributed by atoms with Gasteiger partial charge in [0.25, 0.3) is 11.8 Å². The van der Waals surface area contributed by atoms with E-state index in [1.54, 1.807) is 5.38 Å². The van der Waals surface area contributed by atoms with Crippen molar-refractivity contribution in [2.24, 2.45) is 5.16 Å². The van der Waals surface area contributed by atoms with Gasteiger partial charge in [0.15, 0.2) is 10.8 Å². The highest BCUT2D eigenvalue weighted by Crippen LogP contribution is 2.44. The molecule has 3 N–H and O–H groups in total. The molecular formula is C51H40ClN5O5S2. The van der Waals surface area contributed by atoms with Gasteiger partial charge >= 0.3 is 5.97 Å². The highest BCUT2D eigenvalue weighted by Gasteiger charge is 2.54. The van der Waals surface area contributed by atoms with Gasteiger partial charge < -0.3 is 20.6 Å². The maximum Gasteiger partial charge on any atom is 0.352 e. The Morgan fingerprint density at radius 3 is 1.58 bits per heavy atom. The SMILES string of the molecule is O=C(O)C1=C(CCl)CS[C@@H]2[C@H](NC(=O)/C(=N\OC(c3ccccc3)(c3ccccc3)c3ccccc3)c3csc(NC(c4ccccc4)(c4ccccc4)c4ccccc4)n3)C(=O)N12. The van der Waals surface area contributed by atoms with Crippen molar-refractivity contribution in [3.05, 3.63) is 238 Å². The third-order valence-electron chi connectivity index (χ3n) is 11.4. The number of amides is 2. The molecular weight excluding hydrogens is 862 g/mol. The number of nitrogens with zero attached hydrogens (tertiary/aromatic N) is 3. The first kappa shape index (κ1) is 42.3. The molecule has 0 bridgehead atoms. The number of oxime groups is 1. The lowest BCUT2D eigenvalue weighted by atomic mass is 9.77. The first-order valence-corrected chi connectivity index (χ1v) is 22.9. The third kappa shape index (κ3) is 7.74. The molecule has 0 unspecified atom stereocenters. The molecule has 1 saturated heterocycles. The summed E-state index contributed by atoms with van der Waals surface area (Å²) in [6.45, 7) is 0. The zero-order valence-electron chi connectivity index (χ0n) is 34.1. The highest BCUT2D eigenvalue weighted by atomic mass is 35.5. The maximum atomic E-state index is 14.9. The average molecular weight is 902 g/mol. The van der Waals surface area contributed by atoms with Crippen LogP contribution in [0.1, 0.15) is 39.1 Å². The minimum atomic E-state index is -1.35. The molecule has 2 atom stereocenters. The Morgan fingerprint density at radius 2 is 1.16 bits per heavy atom. The number of benzene rings is 6. The van der Waals surface area contributed by atoms with Crippen LogP contribution in [0.25, 0.3) is 0 Å². The van der Waals surface area contributed by atoms with Gasteiger partial charge in [0, 0.05) is 33.7 Å². The van der Waals surface area contributed by atoms with Crippen LogP contribution in [0.3, 0.4) is 0 Å². The normalized spacial score (nSPS) is 16.4. The summed E-state index contributed by atoms with van der Waals surface area (Å²) in [6, 6.07) is 58.1.